The molecule has 7 heteroatoms. The van der Waals surface area contributed by atoms with E-state index in [1.54, 1.807) is 5.51 Å². The van der Waals surface area contributed by atoms with E-state index in [-0.39, 0.29) is 11.6 Å². The van der Waals surface area contributed by atoms with Crippen molar-refractivity contribution >= 4 is 21.4 Å². The van der Waals surface area contributed by atoms with Crippen molar-refractivity contribution in [3.05, 3.63) is 11.7 Å². The number of sulfonamides is 1. The lowest BCUT2D eigenvalue weighted by Crippen LogP contribution is -2.56. The van der Waals surface area contributed by atoms with E-state index < -0.39 is 10.0 Å². The summed E-state index contributed by atoms with van der Waals surface area (Å²) in [6, 6.07) is 0.0662. The average molecular weight is 315 g/mol. The van der Waals surface area contributed by atoms with E-state index in [1.165, 1.54) is 37.0 Å². The lowest BCUT2D eigenvalue weighted by atomic mass is 9.78. The Balaban J connectivity index is 1.59. The molecular weight excluding hydrogens is 294 g/mol. The highest BCUT2D eigenvalue weighted by atomic mass is 32.2. The normalized spacial score (nSPS) is 31.9. The highest BCUT2D eigenvalue weighted by Gasteiger charge is 2.39. The molecule has 5 nitrogen and oxygen atoms in total. The van der Waals surface area contributed by atoms with Crippen molar-refractivity contribution in [2.75, 3.05) is 13.1 Å². The van der Waals surface area contributed by atoms with Crippen LogP contribution in [0.3, 0.4) is 0 Å². The third-order valence-electron chi connectivity index (χ3n) is 4.68. The molecule has 0 amide bonds. The third-order valence-corrected chi connectivity index (χ3v) is 7.47. The molecule has 0 radical (unpaired) electrons. The first-order chi connectivity index (χ1) is 9.50. The minimum atomic E-state index is -3.37. The second kappa shape index (κ2) is 5.36. The lowest BCUT2D eigenvalue weighted by molar-refractivity contribution is 0.0103. The molecular formula is C13H21N3O2S2. The van der Waals surface area contributed by atoms with Crippen LogP contribution in [0.2, 0.25) is 0 Å². The van der Waals surface area contributed by atoms with Gasteiger partial charge in [0.2, 0.25) is 0 Å². The van der Waals surface area contributed by atoms with E-state index in [2.05, 4.69) is 21.5 Å². The number of aromatic nitrogens is 1. The largest absolute Gasteiger partial charge is 0.298 e. The van der Waals surface area contributed by atoms with Gasteiger partial charge in [0.1, 0.15) is 0 Å². The maximum atomic E-state index is 12.2. The molecule has 0 aromatic carbocycles. The summed E-state index contributed by atoms with van der Waals surface area (Å²) in [5, 5.41) is 0. The standard InChI is InChI=1S/C13H21N3O2S2/c1-13(16-7-2-8-16)5-3-11(4-6-13)15-20(17,18)12-9-14-10-19-12/h9-11,15H,2-8H2,1H3. The molecule has 1 aliphatic heterocycles. The Morgan fingerprint density at radius 2 is 2.10 bits per heavy atom. The summed E-state index contributed by atoms with van der Waals surface area (Å²) in [7, 11) is -3.37. The molecule has 1 aliphatic carbocycles. The van der Waals surface area contributed by atoms with E-state index in [0.29, 0.717) is 4.21 Å². The first-order valence-electron chi connectivity index (χ1n) is 7.15. The van der Waals surface area contributed by atoms with Gasteiger partial charge in [0.25, 0.3) is 10.0 Å². The summed E-state index contributed by atoms with van der Waals surface area (Å²) < 4.78 is 27.5. The number of nitrogens with one attached hydrogen (secondary N) is 1. The van der Waals surface area contributed by atoms with Crippen LogP contribution >= 0.6 is 11.3 Å². The Morgan fingerprint density at radius 1 is 1.40 bits per heavy atom. The molecule has 2 heterocycles. The smallest absolute Gasteiger partial charge is 0.251 e. The Bertz CT molecular complexity index is 544. The van der Waals surface area contributed by atoms with Crippen molar-refractivity contribution in [3.63, 3.8) is 0 Å². The lowest BCUT2D eigenvalue weighted by Gasteiger charge is -2.50. The fraction of sp³-hybridized carbons (Fsp3) is 0.769. The molecule has 1 saturated heterocycles. The van der Waals surface area contributed by atoms with Crippen LogP contribution in [0.5, 0.6) is 0 Å². The summed E-state index contributed by atoms with van der Waals surface area (Å²) in [5.74, 6) is 0. The SMILES string of the molecule is CC1(N2CCC2)CCC(NS(=O)(=O)c2cncs2)CC1. The molecule has 0 unspecified atom stereocenters. The van der Waals surface area contributed by atoms with Gasteiger partial charge in [-0.05, 0) is 52.1 Å². The zero-order valence-electron chi connectivity index (χ0n) is 11.7. The summed E-state index contributed by atoms with van der Waals surface area (Å²) in [5.41, 5.74) is 1.83. The van der Waals surface area contributed by atoms with Crippen LogP contribution in [0.4, 0.5) is 0 Å². The Kier molecular flexibility index (Phi) is 3.87. The molecule has 1 saturated carbocycles. The maximum Gasteiger partial charge on any atom is 0.251 e. The van der Waals surface area contributed by atoms with Gasteiger partial charge in [0.05, 0.1) is 11.7 Å². The average Bonchev–Trinajstić information content (AvgIpc) is 2.84. The van der Waals surface area contributed by atoms with Crippen LogP contribution in [0.1, 0.15) is 39.0 Å². The fourth-order valence-electron chi connectivity index (χ4n) is 3.14. The number of hydrogen-bond acceptors (Lipinski definition) is 5. The molecule has 112 valence electrons. The van der Waals surface area contributed by atoms with E-state index in [4.69, 9.17) is 0 Å². The minimum Gasteiger partial charge on any atom is -0.298 e. The summed E-state index contributed by atoms with van der Waals surface area (Å²) in [4.78, 5) is 6.38. The van der Waals surface area contributed by atoms with Gasteiger partial charge < -0.3 is 0 Å². The molecule has 1 N–H and O–H groups in total. The predicted molar refractivity (Wildman–Crippen MR) is 79.3 cm³/mol. The summed E-state index contributed by atoms with van der Waals surface area (Å²) >= 11 is 1.17. The monoisotopic (exact) mass is 315 g/mol. The number of likely N-dealkylation sites (tertiary alicyclic amines) is 1. The summed E-state index contributed by atoms with van der Waals surface area (Å²) in [6.45, 7) is 4.72. The Labute approximate surface area is 124 Å². The van der Waals surface area contributed by atoms with Crippen LogP contribution < -0.4 is 4.72 Å². The zero-order valence-corrected chi connectivity index (χ0v) is 13.3. The van der Waals surface area contributed by atoms with Gasteiger partial charge >= 0.3 is 0 Å². The highest BCUT2D eigenvalue weighted by molar-refractivity contribution is 7.91. The Hall–Kier alpha value is -0.500. The van der Waals surface area contributed by atoms with E-state index in [9.17, 15) is 8.42 Å². The van der Waals surface area contributed by atoms with Crippen molar-refractivity contribution in [2.24, 2.45) is 0 Å². The fourth-order valence-corrected chi connectivity index (χ4v) is 5.26. The highest BCUT2D eigenvalue weighted by Crippen LogP contribution is 2.36. The third kappa shape index (κ3) is 2.77. The second-order valence-electron chi connectivity index (χ2n) is 6.05. The van der Waals surface area contributed by atoms with Crippen LogP contribution in [-0.4, -0.2) is 43.0 Å². The van der Waals surface area contributed by atoms with Gasteiger partial charge in [-0.25, -0.2) is 13.1 Å². The molecule has 20 heavy (non-hydrogen) atoms. The van der Waals surface area contributed by atoms with E-state index in [1.807, 2.05) is 0 Å². The van der Waals surface area contributed by atoms with Crippen molar-refractivity contribution in [1.29, 1.82) is 0 Å². The Morgan fingerprint density at radius 3 is 2.60 bits per heavy atom. The molecule has 1 aromatic heterocycles. The van der Waals surface area contributed by atoms with E-state index in [0.717, 1.165) is 25.7 Å². The van der Waals surface area contributed by atoms with Crippen molar-refractivity contribution in [1.82, 2.24) is 14.6 Å². The van der Waals surface area contributed by atoms with Crippen LogP contribution in [-0.2, 0) is 10.0 Å². The van der Waals surface area contributed by atoms with Gasteiger partial charge in [-0.3, -0.25) is 9.88 Å². The molecule has 0 spiro atoms. The van der Waals surface area contributed by atoms with E-state index >= 15 is 0 Å². The topological polar surface area (TPSA) is 62.3 Å². The summed E-state index contributed by atoms with van der Waals surface area (Å²) in [6.07, 6.45) is 6.71. The van der Waals surface area contributed by atoms with Crippen LogP contribution in [0, 0.1) is 0 Å². The predicted octanol–water partition coefficient (Wildman–Crippen LogP) is 1.83. The van der Waals surface area contributed by atoms with Gasteiger partial charge in [-0.1, -0.05) is 0 Å². The molecule has 3 rings (SSSR count). The van der Waals surface area contributed by atoms with Crippen molar-refractivity contribution in [3.8, 4) is 0 Å². The number of nitrogens with zero attached hydrogens (tertiary/aromatic N) is 2. The maximum absolute atomic E-state index is 12.2. The van der Waals surface area contributed by atoms with Crippen LogP contribution in [0.25, 0.3) is 0 Å². The van der Waals surface area contributed by atoms with Crippen LogP contribution in [0.15, 0.2) is 15.9 Å². The van der Waals surface area contributed by atoms with Gasteiger partial charge in [-0.2, -0.15) is 0 Å². The van der Waals surface area contributed by atoms with Gasteiger partial charge in [0.15, 0.2) is 4.21 Å². The zero-order chi connectivity index (χ0) is 14.2. The van der Waals surface area contributed by atoms with Crippen molar-refractivity contribution < 1.29 is 8.42 Å². The minimum absolute atomic E-state index is 0.0662. The molecule has 0 atom stereocenters. The number of thiazole rings is 1. The molecule has 1 aromatic rings. The van der Waals surface area contributed by atoms with Crippen molar-refractivity contribution in [2.45, 2.75) is 54.8 Å². The number of hydrogen-bond donors (Lipinski definition) is 1. The van der Waals surface area contributed by atoms with Gasteiger partial charge in [-0.15, -0.1) is 11.3 Å². The first-order valence-corrected chi connectivity index (χ1v) is 9.52. The van der Waals surface area contributed by atoms with Gasteiger partial charge in [0, 0.05) is 11.6 Å². The molecule has 2 aliphatic rings. The molecule has 0 bridgehead atoms. The molecule has 2 fully saturated rings. The second-order valence-corrected chi connectivity index (χ2v) is 8.88. The quantitative estimate of drug-likeness (QED) is 0.921. The number of rotatable bonds is 4. The first kappa shape index (κ1) is 14.4.